The number of nitrogen functional groups attached to an aromatic ring is 1. The average molecular weight is 524 g/mol. The van der Waals surface area contributed by atoms with Gasteiger partial charge in [-0.1, -0.05) is 0 Å². The van der Waals surface area contributed by atoms with Crippen molar-refractivity contribution in [1.29, 1.82) is 0 Å². The molecule has 0 spiro atoms. The number of phosphoric ester groups is 1. The largest absolute Gasteiger partial charge is 0.480 e. The Kier molecular flexibility index (Phi) is 9.16. The van der Waals surface area contributed by atoms with Gasteiger partial charge in [0.05, 0.1) is 13.2 Å². The van der Waals surface area contributed by atoms with Gasteiger partial charge in [0.25, 0.3) is 0 Å². The molecule has 0 unspecified atom stereocenters. The van der Waals surface area contributed by atoms with Crippen LogP contribution in [0.5, 0.6) is 0 Å². The van der Waals surface area contributed by atoms with E-state index in [-0.39, 0.29) is 42.2 Å². The predicted molar refractivity (Wildman–Crippen MR) is 119 cm³/mol. The number of hydrogen-bond acceptors (Lipinski definition) is 8. The lowest BCUT2D eigenvalue weighted by atomic mass is 9.86. The SMILES string of the molecule is C/C(=C(\CCOP(=O)(O)O)SC1(C(=O)O)CCC(F)(F)CC1)N(C=O)Cc1cnc(C)nc1N. The fraction of sp³-hybridized carbons (Fsp3) is 0.579. The van der Waals surface area contributed by atoms with Crippen molar-refractivity contribution in [2.45, 2.75) is 63.2 Å². The van der Waals surface area contributed by atoms with Crippen LogP contribution in [0.2, 0.25) is 0 Å². The number of rotatable bonds is 11. The van der Waals surface area contributed by atoms with Gasteiger partial charge in [0.2, 0.25) is 12.3 Å². The third-order valence-electron chi connectivity index (χ3n) is 5.41. The number of carboxylic acid groups (broad SMARTS) is 1. The number of nitrogens with two attached hydrogens (primary N) is 1. The van der Waals surface area contributed by atoms with E-state index in [0.29, 0.717) is 17.8 Å². The summed E-state index contributed by atoms with van der Waals surface area (Å²) in [5, 5.41) is 9.88. The summed E-state index contributed by atoms with van der Waals surface area (Å²) in [5.74, 6) is -3.69. The fourth-order valence-corrected chi connectivity index (χ4v) is 5.14. The fourth-order valence-electron chi connectivity index (χ4n) is 3.39. The van der Waals surface area contributed by atoms with E-state index in [1.54, 1.807) is 6.92 Å². The van der Waals surface area contributed by atoms with Crippen LogP contribution < -0.4 is 5.73 Å². The Morgan fingerprint density at radius 3 is 2.47 bits per heavy atom. The second-order valence-corrected chi connectivity index (χ2v) is 10.6. The number of phosphoric acid groups is 1. The maximum atomic E-state index is 13.7. The molecule has 1 saturated carbocycles. The van der Waals surface area contributed by atoms with Crippen LogP contribution in [0, 0.1) is 6.92 Å². The topological polar surface area (TPSA) is 176 Å². The van der Waals surface area contributed by atoms with E-state index in [4.69, 9.17) is 15.5 Å². The van der Waals surface area contributed by atoms with Crippen molar-refractivity contribution in [3.63, 3.8) is 0 Å². The van der Waals surface area contributed by atoms with Gasteiger partial charge in [-0.2, -0.15) is 0 Å². The number of amides is 1. The number of carbonyl (C=O) groups excluding carboxylic acids is 1. The summed E-state index contributed by atoms with van der Waals surface area (Å²) < 4.78 is 41.5. The summed E-state index contributed by atoms with van der Waals surface area (Å²) in [6.07, 6.45) is -0.143. The van der Waals surface area contributed by atoms with Gasteiger partial charge in [-0.05, 0) is 26.7 Å². The van der Waals surface area contributed by atoms with Crippen LogP contribution in [0.1, 0.15) is 50.4 Å². The highest BCUT2D eigenvalue weighted by molar-refractivity contribution is 8.05. The maximum absolute atomic E-state index is 13.7. The number of anilines is 1. The van der Waals surface area contributed by atoms with Crippen LogP contribution in [0.25, 0.3) is 0 Å². The molecule has 1 amide bonds. The summed E-state index contributed by atoms with van der Waals surface area (Å²) >= 11 is 0.792. The Bertz CT molecular complexity index is 995. The Morgan fingerprint density at radius 1 is 1.35 bits per heavy atom. The average Bonchev–Trinajstić information content (AvgIpc) is 2.72. The Balaban J connectivity index is 2.40. The van der Waals surface area contributed by atoms with Crippen LogP contribution in [0.3, 0.4) is 0 Å². The summed E-state index contributed by atoms with van der Waals surface area (Å²) in [4.78, 5) is 51.5. The molecule has 1 fully saturated rings. The molecule has 0 aromatic carbocycles. The molecule has 1 heterocycles. The molecule has 34 heavy (non-hydrogen) atoms. The third-order valence-corrected chi connectivity index (χ3v) is 7.65. The number of thioether (sulfide) groups is 1. The van der Waals surface area contributed by atoms with E-state index in [1.165, 1.54) is 18.0 Å². The standard InChI is InChI=1S/C19H27F2N4O7PS/c1-12(25(11-26)10-14-9-23-13(2)24-16(14)22)15(3-8-32-33(29,30)31)34-18(17(27)28)4-6-19(20,21)7-5-18/h9,11H,3-8,10H2,1-2H3,(H,27,28)(H2,22,23,24)(H2,29,30,31)/b15-12-. The van der Waals surface area contributed by atoms with Gasteiger partial charge >= 0.3 is 13.8 Å². The summed E-state index contributed by atoms with van der Waals surface area (Å²) in [5.41, 5.74) is 6.57. The minimum atomic E-state index is -4.81. The first-order valence-electron chi connectivity index (χ1n) is 10.2. The first kappa shape index (κ1) is 28.1. The van der Waals surface area contributed by atoms with Gasteiger partial charge in [-0.15, -0.1) is 11.8 Å². The van der Waals surface area contributed by atoms with Gasteiger partial charge < -0.3 is 25.5 Å². The molecular weight excluding hydrogens is 497 g/mol. The highest BCUT2D eigenvalue weighted by Gasteiger charge is 2.49. The lowest BCUT2D eigenvalue weighted by Gasteiger charge is -2.37. The molecule has 15 heteroatoms. The Labute approximate surface area is 199 Å². The number of hydrogen-bond donors (Lipinski definition) is 4. The molecule has 1 aliphatic carbocycles. The van der Waals surface area contributed by atoms with E-state index in [9.17, 15) is 28.0 Å². The number of aromatic nitrogens is 2. The van der Waals surface area contributed by atoms with E-state index < -0.39 is 43.9 Å². The van der Waals surface area contributed by atoms with Crippen LogP contribution in [0.4, 0.5) is 14.6 Å². The molecular formula is C19H27F2N4O7PS. The molecule has 1 aromatic rings. The third kappa shape index (κ3) is 7.70. The molecule has 1 aromatic heterocycles. The van der Waals surface area contributed by atoms with Crippen molar-refractivity contribution in [2.75, 3.05) is 12.3 Å². The molecule has 2 rings (SSSR count). The number of nitrogens with zero attached hydrogens (tertiary/aromatic N) is 3. The lowest BCUT2D eigenvalue weighted by Crippen LogP contribution is -2.42. The van der Waals surface area contributed by atoms with Gasteiger partial charge in [-0.25, -0.2) is 23.3 Å². The molecule has 0 saturated heterocycles. The second-order valence-electron chi connectivity index (χ2n) is 7.90. The second kappa shape index (κ2) is 11.1. The molecule has 0 radical (unpaired) electrons. The summed E-state index contributed by atoms with van der Waals surface area (Å²) in [6, 6.07) is 0. The van der Waals surface area contributed by atoms with Gasteiger partial charge in [0, 0.05) is 41.6 Å². The molecule has 11 nitrogen and oxygen atoms in total. The van der Waals surface area contributed by atoms with Crippen LogP contribution in [-0.4, -0.2) is 59.4 Å². The molecule has 5 N–H and O–H groups in total. The van der Waals surface area contributed by atoms with Crippen molar-refractivity contribution in [1.82, 2.24) is 14.9 Å². The minimum Gasteiger partial charge on any atom is -0.480 e. The lowest BCUT2D eigenvalue weighted by molar-refractivity contribution is -0.143. The first-order valence-corrected chi connectivity index (χ1v) is 12.5. The number of halogens is 2. The Morgan fingerprint density at radius 2 is 1.97 bits per heavy atom. The van der Waals surface area contributed by atoms with Crippen molar-refractivity contribution < 1.29 is 42.4 Å². The van der Waals surface area contributed by atoms with E-state index >= 15 is 0 Å². The van der Waals surface area contributed by atoms with Crippen molar-refractivity contribution in [3.8, 4) is 0 Å². The van der Waals surface area contributed by atoms with Gasteiger partial charge in [-0.3, -0.25) is 14.1 Å². The van der Waals surface area contributed by atoms with Crippen LogP contribution in [0.15, 0.2) is 16.8 Å². The molecule has 0 atom stereocenters. The van der Waals surface area contributed by atoms with Crippen molar-refractivity contribution in [2.24, 2.45) is 0 Å². The van der Waals surface area contributed by atoms with E-state index in [1.807, 2.05) is 0 Å². The quantitative estimate of drug-likeness (QED) is 0.247. The normalized spacial score (nSPS) is 18.2. The predicted octanol–water partition coefficient (Wildman–Crippen LogP) is 2.82. The zero-order valence-corrected chi connectivity index (χ0v) is 20.3. The molecule has 0 bridgehead atoms. The highest BCUT2D eigenvalue weighted by atomic mass is 32.2. The summed E-state index contributed by atoms with van der Waals surface area (Å²) in [6.45, 7) is 2.59. The van der Waals surface area contributed by atoms with Crippen LogP contribution in [-0.2, 0) is 25.2 Å². The van der Waals surface area contributed by atoms with Crippen LogP contribution >= 0.6 is 19.6 Å². The van der Waals surface area contributed by atoms with Crippen molar-refractivity contribution in [3.05, 3.63) is 28.2 Å². The molecule has 0 aliphatic heterocycles. The molecule has 1 aliphatic rings. The monoisotopic (exact) mass is 524 g/mol. The maximum Gasteiger partial charge on any atom is 0.469 e. The zero-order chi connectivity index (χ0) is 25.7. The minimum absolute atomic E-state index is 0.0665. The van der Waals surface area contributed by atoms with Crippen molar-refractivity contribution >= 4 is 37.8 Å². The first-order chi connectivity index (χ1) is 15.7. The number of alkyl halides is 2. The number of carboxylic acids is 1. The van der Waals surface area contributed by atoms with E-state index in [2.05, 4.69) is 14.5 Å². The van der Waals surface area contributed by atoms with Gasteiger partial charge in [0.1, 0.15) is 16.4 Å². The summed E-state index contributed by atoms with van der Waals surface area (Å²) in [7, 11) is -4.81. The van der Waals surface area contributed by atoms with E-state index in [0.717, 1.165) is 11.8 Å². The Hall–Kier alpha value is -2.12. The van der Waals surface area contributed by atoms with Gasteiger partial charge in [0.15, 0.2) is 0 Å². The number of carbonyl (C=O) groups is 2. The molecule has 190 valence electrons. The number of allylic oxidation sites excluding steroid dienone is 1. The number of aryl methyl sites for hydroxylation is 1. The number of aliphatic carboxylic acids is 1. The smallest absolute Gasteiger partial charge is 0.469 e. The zero-order valence-electron chi connectivity index (χ0n) is 18.6. The highest BCUT2D eigenvalue weighted by Crippen LogP contribution is 2.50.